The van der Waals surface area contributed by atoms with Crippen molar-refractivity contribution < 1.29 is 0 Å². The predicted molar refractivity (Wildman–Crippen MR) is 272 cm³/mol. The van der Waals surface area contributed by atoms with E-state index in [0.29, 0.717) is 0 Å². The minimum absolute atomic E-state index is 0.0252. The van der Waals surface area contributed by atoms with E-state index in [-0.39, 0.29) is 4.66 Å². The number of rotatable bonds is 8. The summed E-state index contributed by atoms with van der Waals surface area (Å²) < 4.78 is -0.0252. The Bertz CT molecular complexity index is 2980. The van der Waals surface area contributed by atoms with Crippen LogP contribution < -0.4 is 9.80 Å². The first-order valence-corrected chi connectivity index (χ1v) is 29.0. The van der Waals surface area contributed by atoms with E-state index in [1.165, 1.54) is 100 Å². The molecule has 0 radical (unpaired) electrons. The van der Waals surface area contributed by atoms with Crippen molar-refractivity contribution in [3.8, 4) is 11.1 Å². The molecule has 0 aliphatic heterocycles. The van der Waals surface area contributed by atoms with Crippen LogP contribution in [0.3, 0.4) is 0 Å². The first kappa shape index (κ1) is 40.7. The Morgan fingerprint density at radius 3 is 1.33 bits per heavy atom. The summed E-state index contributed by atoms with van der Waals surface area (Å²) in [4.78, 5) is 4.92. The van der Waals surface area contributed by atoms with E-state index in [0.717, 1.165) is 0 Å². The third-order valence-corrected chi connectivity index (χ3v) is 23.5. The second-order valence-corrected chi connectivity index (χ2v) is 31.0. The van der Waals surface area contributed by atoms with Crippen molar-refractivity contribution in [3.63, 3.8) is 0 Å². The van der Waals surface area contributed by atoms with Gasteiger partial charge in [-0.3, -0.25) is 0 Å². The predicted octanol–water partition coefficient (Wildman–Crippen LogP) is 16.8. The van der Waals surface area contributed by atoms with Crippen molar-refractivity contribution in [2.45, 2.75) is 85.5 Å². The molecule has 0 atom stereocenters. The minimum Gasteiger partial charge on any atom is -0.310 e. The molecule has 0 heterocycles. The Kier molecular flexibility index (Phi) is 9.84. The zero-order valence-corrected chi connectivity index (χ0v) is 40.3. The van der Waals surface area contributed by atoms with Gasteiger partial charge in [0.05, 0.1) is 16.1 Å². The molecular formula is C57H60N2Si2. The Labute approximate surface area is 366 Å². The second kappa shape index (κ2) is 14.7. The molecule has 0 fully saturated rings. The van der Waals surface area contributed by atoms with Gasteiger partial charge in [0.2, 0.25) is 0 Å². The van der Waals surface area contributed by atoms with Crippen LogP contribution in [-0.2, 0) is 4.66 Å². The quantitative estimate of drug-likeness (QED) is 0.141. The third-order valence-electron chi connectivity index (χ3n) is 13.4. The molecule has 0 N–H and O–H groups in total. The topological polar surface area (TPSA) is 6.48 Å². The van der Waals surface area contributed by atoms with E-state index in [1.807, 2.05) is 0 Å². The van der Waals surface area contributed by atoms with Gasteiger partial charge < -0.3 is 9.80 Å². The van der Waals surface area contributed by atoms with Gasteiger partial charge in [0, 0.05) is 38.8 Å². The molecule has 1 aliphatic rings. The molecule has 2 nitrogen and oxygen atoms in total. The maximum atomic E-state index is 2.64. The summed E-state index contributed by atoms with van der Waals surface area (Å²) in [6.45, 7) is 29.1. The van der Waals surface area contributed by atoms with Crippen LogP contribution in [0.2, 0.25) is 39.3 Å². The molecule has 0 amide bonds. The summed E-state index contributed by atoms with van der Waals surface area (Å²) >= 11 is 0. The molecule has 0 spiro atoms. The van der Waals surface area contributed by atoms with E-state index in [4.69, 9.17) is 0 Å². The number of para-hydroxylation sites is 2. The fraction of sp³-hybridized carbons (Fsp3) is 0.228. The molecule has 0 bridgehead atoms. The zero-order valence-electron chi connectivity index (χ0n) is 38.3. The van der Waals surface area contributed by atoms with E-state index in [9.17, 15) is 0 Å². The number of fused-ring (bicyclic) bond motifs is 6. The first-order chi connectivity index (χ1) is 29.0. The van der Waals surface area contributed by atoms with Crippen LogP contribution in [0.25, 0.3) is 32.7 Å². The van der Waals surface area contributed by atoms with Crippen molar-refractivity contribution in [1.82, 2.24) is 0 Å². The highest BCUT2D eigenvalue weighted by atomic mass is 28.4. The number of benzene rings is 8. The fourth-order valence-corrected chi connectivity index (χ4v) is 24.6. The average Bonchev–Trinajstić information content (AvgIpc) is 3.49. The Balaban J connectivity index is 1.27. The van der Waals surface area contributed by atoms with Crippen LogP contribution in [0.1, 0.15) is 44.5 Å². The first-order valence-electron chi connectivity index (χ1n) is 22.0. The van der Waals surface area contributed by atoms with Crippen molar-refractivity contribution in [2.75, 3.05) is 9.80 Å². The van der Waals surface area contributed by atoms with Crippen LogP contribution in [0.4, 0.5) is 34.1 Å². The van der Waals surface area contributed by atoms with Crippen LogP contribution in [0.5, 0.6) is 0 Å². The van der Waals surface area contributed by atoms with Crippen molar-refractivity contribution in [3.05, 3.63) is 190 Å². The summed E-state index contributed by atoms with van der Waals surface area (Å²) in [5.74, 6) is 0. The minimum atomic E-state index is -2.00. The van der Waals surface area contributed by atoms with Crippen LogP contribution in [0.15, 0.2) is 146 Å². The lowest BCUT2D eigenvalue weighted by Gasteiger charge is -2.51. The molecule has 0 aromatic heterocycles. The number of hydrogen-bond acceptors (Lipinski definition) is 2. The number of nitrogens with zero attached hydrogens (tertiary/aromatic N) is 2. The van der Waals surface area contributed by atoms with Crippen molar-refractivity contribution in [2.24, 2.45) is 0 Å². The highest BCUT2D eigenvalue weighted by molar-refractivity contribution is 7.00. The molecule has 0 saturated heterocycles. The molecular weight excluding hydrogens is 769 g/mol. The zero-order chi connectivity index (χ0) is 43.2. The van der Waals surface area contributed by atoms with Gasteiger partial charge in [-0.2, -0.15) is 0 Å². The fourth-order valence-electron chi connectivity index (χ4n) is 11.5. The molecule has 1 aliphatic carbocycles. The Hall–Kier alpha value is -5.69. The van der Waals surface area contributed by atoms with Gasteiger partial charge in [-0.1, -0.05) is 118 Å². The maximum Gasteiger partial charge on any atom is 0.0579 e. The molecule has 0 unspecified atom stereocenters. The number of aryl methyl sites for hydroxylation is 6. The summed E-state index contributed by atoms with van der Waals surface area (Å²) in [5, 5.41) is 5.31. The van der Waals surface area contributed by atoms with Crippen molar-refractivity contribution in [1.29, 1.82) is 0 Å². The molecule has 306 valence electrons. The molecule has 4 heteroatoms. The molecule has 9 rings (SSSR count). The largest absolute Gasteiger partial charge is 0.310 e. The van der Waals surface area contributed by atoms with E-state index in [1.54, 1.807) is 11.1 Å². The Morgan fingerprint density at radius 1 is 0.377 bits per heavy atom. The molecule has 8 aromatic rings. The van der Waals surface area contributed by atoms with Gasteiger partial charge in [-0.05, 0) is 185 Å². The highest BCUT2D eigenvalue weighted by Gasteiger charge is 2.59. The summed E-state index contributed by atoms with van der Waals surface area (Å²) in [5.41, 5.74) is 20.8. The summed E-state index contributed by atoms with van der Waals surface area (Å²) in [6.07, 6.45) is 0. The number of anilines is 6. The van der Waals surface area contributed by atoms with Gasteiger partial charge in [0.1, 0.15) is 0 Å². The molecule has 8 aromatic carbocycles. The second-order valence-electron chi connectivity index (χ2n) is 20.0. The van der Waals surface area contributed by atoms with Gasteiger partial charge in [0.25, 0.3) is 0 Å². The van der Waals surface area contributed by atoms with Crippen LogP contribution in [0, 0.1) is 41.5 Å². The SMILES string of the molecule is Cc1cc(C)cc(N(c2ccc3cc4c(cc3c2)C([Si](C)(C)C)([Si](C)(C)C)c2c-4ccc3cc(N(c4cc(C)cc(C)c4)c4ccccc4C)ccc23)c2ccccc2C)c1. The lowest BCUT2D eigenvalue weighted by molar-refractivity contribution is 0.964. The smallest absolute Gasteiger partial charge is 0.0579 e. The highest BCUT2D eigenvalue weighted by Crippen LogP contribution is 2.60. The standard InChI is InChI=1S/C57H60N2Si2/c1-37-27-38(2)30-48(29-37)58(54-19-15-13-17-41(54)5)46-23-21-43-35-52-51-25-22-44-33-47(59(55-20-16-14-18-42(55)6)49-31-39(3)28-40(4)32-49)24-26-50(44)56(51)57(60(7,8)9,61(10,11)12)53(52)36-45(43)34-46/h13-36H,1-12H3. The monoisotopic (exact) mass is 828 g/mol. The van der Waals surface area contributed by atoms with Gasteiger partial charge >= 0.3 is 0 Å². The van der Waals surface area contributed by atoms with Gasteiger partial charge in [-0.15, -0.1) is 0 Å². The van der Waals surface area contributed by atoms with Crippen molar-refractivity contribution >= 4 is 71.8 Å². The third kappa shape index (κ3) is 6.67. The lowest BCUT2D eigenvalue weighted by Crippen LogP contribution is -2.63. The van der Waals surface area contributed by atoms with Crippen LogP contribution in [-0.4, -0.2) is 16.1 Å². The normalized spacial score (nSPS) is 13.4. The van der Waals surface area contributed by atoms with E-state index < -0.39 is 16.1 Å². The lowest BCUT2D eigenvalue weighted by atomic mass is 9.97. The summed E-state index contributed by atoms with van der Waals surface area (Å²) in [7, 11) is -4.00. The van der Waals surface area contributed by atoms with Gasteiger partial charge in [-0.25, -0.2) is 0 Å². The number of hydrogen-bond donors (Lipinski definition) is 0. The van der Waals surface area contributed by atoms with E-state index >= 15 is 0 Å². The molecule has 61 heavy (non-hydrogen) atoms. The van der Waals surface area contributed by atoms with E-state index in [2.05, 4.69) is 236 Å². The van der Waals surface area contributed by atoms with Crippen LogP contribution >= 0.6 is 0 Å². The summed E-state index contributed by atoms with van der Waals surface area (Å²) in [6, 6.07) is 55.9. The maximum absolute atomic E-state index is 2.64. The molecule has 0 saturated carbocycles. The average molecular weight is 829 g/mol. The Morgan fingerprint density at radius 2 is 0.836 bits per heavy atom. The van der Waals surface area contributed by atoms with Gasteiger partial charge in [0.15, 0.2) is 0 Å².